The van der Waals surface area contributed by atoms with Gasteiger partial charge in [0.2, 0.25) is 0 Å². The van der Waals surface area contributed by atoms with Crippen LogP contribution in [0.5, 0.6) is 11.5 Å². The first-order valence-electron chi connectivity index (χ1n) is 12.1. The number of para-hydroxylation sites is 1. The van der Waals surface area contributed by atoms with E-state index in [-0.39, 0.29) is 6.04 Å². The summed E-state index contributed by atoms with van der Waals surface area (Å²) in [5, 5.41) is 5.94. The molecule has 1 aliphatic rings. The van der Waals surface area contributed by atoms with Gasteiger partial charge in [-0.2, -0.15) is 0 Å². The Morgan fingerprint density at radius 1 is 1.15 bits per heavy atom. The van der Waals surface area contributed by atoms with Crippen molar-refractivity contribution in [3.63, 3.8) is 0 Å². The van der Waals surface area contributed by atoms with Gasteiger partial charge in [-0.15, -0.1) is 11.3 Å². The van der Waals surface area contributed by atoms with Gasteiger partial charge in [0, 0.05) is 17.5 Å². The SMILES string of the molecule is CCC(CN1CCCCC1)N=C(N)Nc1nc(-c2ccccc2Oc2ccc(C)cc2C)cs1. The van der Waals surface area contributed by atoms with Crippen molar-refractivity contribution in [1.82, 2.24) is 9.88 Å². The Kier molecular flexibility index (Phi) is 8.19. The maximum atomic E-state index is 6.27. The van der Waals surface area contributed by atoms with Gasteiger partial charge in [0.15, 0.2) is 11.1 Å². The van der Waals surface area contributed by atoms with Crippen molar-refractivity contribution in [3.05, 3.63) is 59.0 Å². The summed E-state index contributed by atoms with van der Waals surface area (Å²) in [6, 6.07) is 14.4. The smallest absolute Gasteiger partial charge is 0.195 e. The molecule has 6 nitrogen and oxygen atoms in total. The molecule has 0 amide bonds. The number of aliphatic imine (C=N–C) groups is 1. The Morgan fingerprint density at radius 2 is 1.94 bits per heavy atom. The van der Waals surface area contributed by atoms with Gasteiger partial charge in [-0.3, -0.25) is 0 Å². The number of benzene rings is 2. The number of nitrogens with one attached hydrogen (secondary N) is 1. The fourth-order valence-corrected chi connectivity index (χ4v) is 5.01. The molecule has 1 unspecified atom stereocenters. The Hall–Kier alpha value is -2.90. The summed E-state index contributed by atoms with van der Waals surface area (Å²) in [6.07, 6.45) is 4.87. The number of aryl methyl sites for hydroxylation is 2. The fourth-order valence-electron chi connectivity index (χ4n) is 4.29. The third-order valence-corrected chi connectivity index (χ3v) is 6.92. The summed E-state index contributed by atoms with van der Waals surface area (Å²) in [5.41, 5.74) is 10.4. The molecule has 180 valence electrons. The van der Waals surface area contributed by atoms with Gasteiger partial charge in [0.1, 0.15) is 11.5 Å². The maximum absolute atomic E-state index is 6.27. The zero-order chi connectivity index (χ0) is 23.9. The van der Waals surface area contributed by atoms with Crippen LogP contribution in [0.3, 0.4) is 0 Å². The third-order valence-electron chi connectivity index (χ3n) is 6.16. The molecule has 1 saturated heterocycles. The molecule has 0 bridgehead atoms. The molecule has 0 aliphatic carbocycles. The summed E-state index contributed by atoms with van der Waals surface area (Å²) >= 11 is 1.51. The van der Waals surface area contributed by atoms with Gasteiger partial charge in [-0.05, 0) is 70.0 Å². The highest BCUT2D eigenvalue weighted by atomic mass is 32.1. The number of anilines is 1. The molecule has 1 fully saturated rings. The standard InChI is InChI=1S/C27H35N5OS/c1-4-21(17-32-14-8-5-9-15-32)29-26(28)31-27-30-23(18-34-27)22-10-6-7-11-25(22)33-24-13-12-19(2)16-20(24)3/h6-7,10-13,16,18,21H,4-5,8-9,14-15,17H2,1-3H3,(H3,28,29,30,31). The van der Waals surface area contributed by atoms with Crippen LogP contribution in [0.25, 0.3) is 11.3 Å². The number of hydrogen-bond acceptors (Lipinski definition) is 5. The molecule has 3 N–H and O–H groups in total. The van der Waals surface area contributed by atoms with Gasteiger partial charge < -0.3 is 20.7 Å². The average molecular weight is 478 g/mol. The fraction of sp³-hybridized carbons (Fsp3) is 0.407. The quantitative estimate of drug-likeness (QED) is 0.298. The second kappa shape index (κ2) is 11.5. The molecule has 4 rings (SSSR count). The van der Waals surface area contributed by atoms with Gasteiger partial charge in [-0.1, -0.05) is 43.2 Å². The van der Waals surface area contributed by atoms with E-state index in [9.17, 15) is 0 Å². The number of nitrogens with two attached hydrogens (primary N) is 1. The summed E-state index contributed by atoms with van der Waals surface area (Å²) < 4.78 is 6.27. The number of rotatable bonds is 8. The van der Waals surface area contributed by atoms with Crippen LogP contribution >= 0.6 is 11.3 Å². The molecule has 0 spiro atoms. The predicted molar refractivity (Wildman–Crippen MR) is 143 cm³/mol. The normalized spacial score (nSPS) is 15.8. The average Bonchev–Trinajstić information content (AvgIpc) is 3.29. The van der Waals surface area contributed by atoms with E-state index in [1.807, 2.05) is 35.7 Å². The largest absolute Gasteiger partial charge is 0.456 e. The lowest BCUT2D eigenvalue weighted by atomic mass is 10.1. The lowest BCUT2D eigenvalue weighted by Crippen LogP contribution is -2.37. The van der Waals surface area contributed by atoms with Gasteiger partial charge >= 0.3 is 0 Å². The molecule has 0 radical (unpaired) electrons. The monoisotopic (exact) mass is 477 g/mol. The topological polar surface area (TPSA) is 75.8 Å². The van der Waals surface area contributed by atoms with Crippen LogP contribution in [0.4, 0.5) is 5.13 Å². The molecule has 1 aliphatic heterocycles. The Balaban J connectivity index is 1.45. The van der Waals surface area contributed by atoms with E-state index in [1.54, 1.807) is 0 Å². The first-order valence-corrected chi connectivity index (χ1v) is 13.0. The number of likely N-dealkylation sites (tertiary alicyclic amines) is 1. The summed E-state index contributed by atoms with van der Waals surface area (Å²) in [6.45, 7) is 9.61. The van der Waals surface area contributed by atoms with E-state index in [2.05, 4.69) is 43.1 Å². The van der Waals surface area contributed by atoms with Crippen molar-refractivity contribution < 1.29 is 4.74 Å². The highest BCUT2D eigenvalue weighted by Gasteiger charge is 2.16. The van der Waals surface area contributed by atoms with Crippen LogP contribution in [0, 0.1) is 13.8 Å². The van der Waals surface area contributed by atoms with Crippen molar-refractivity contribution in [2.45, 2.75) is 52.5 Å². The molecule has 34 heavy (non-hydrogen) atoms. The Morgan fingerprint density at radius 3 is 2.71 bits per heavy atom. The molecular weight excluding hydrogens is 442 g/mol. The number of ether oxygens (including phenoxy) is 1. The number of guanidine groups is 1. The van der Waals surface area contributed by atoms with E-state index in [0.29, 0.717) is 5.96 Å². The van der Waals surface area contributed by atoms with Crippen LogP contribution in [0.2, 0.25) is 0 Å². The van der Waals surface area contributed by atoms with Crippen LogP contribution in [-0.2, 0) is 0 Å². The number of piperidine rings is 1. The minimum atomic E-state index is 0.192. The lowest BCUT2D eigenvalue weighted by Gasteiger charge is -2.28. The van der Waals surface area contributed by atoms with Gasteiger partial charge in [-0.25, -0.2) is 9.98 Å². The molecule has 7 heteroatoms. The maximum Gasteiger partial charge on any atom is 0.195 e. The highest BCUT2D eigenvalue weighted by molar-refractivity contribution is 7.14. The summed E-state index contributed by atoms with van der Waals surface area (Å²) in [7, 11) is 0. The van der Waals surface area contributed by atoms with Gasteiger partial charge in [0.05, 0.1) is 11.7 Å². The van der Waals surface area contributed by atoms with Crippen molar-refractivity contribution in [2.24, 2.45) is 10.7 Å². The van der Waals surface area contributed by atoms with Crippen molar-refractivity contribution in [3.8, 4) is 22.8 Å². The molecule has 1 aromatic heterocycles. The van der Waals surface area contributed by atoms with Crippen LogP contribution in [0.15, 0.2) is 52.8 Å². The molecule has 2 aromatic carbocycles. The van der Waals surface area contributed by atoms with E-state index < -0.39 is 0 Å². The number of aromatic nitrogens is 1. The predicted octanol–water partition coefficient (Wildman–Crippen LogP) is 6.21. The second-order valence-corrected chi connectivity index (χ2v) is 9.83. The molecule has 1 atom stereocenters. The molecule has 0 saturated carbocycles. The minimum absolute atomic E-state index is 0.192. The van der Waals surface area contributed by atoms with Crippen molar-refractivity contribution in [2.75, 3.05) is 25.0 Å². The molecule has 2 heterocycles. The van der Waals surface area contributed by atoms with E-state index >= 15 is 0 Å². The van der Waals surface area contributed by atoms with E-state index in [4.69, 9.17) is 20.4 Å². The van der Waals surface area contributed by atoms with Gasteiger partial charge in [0.25, 0.3) is 0 Å². The van der Waals surface area contributed by atoms with Crippen molar-refractivity contribution >= 4 is 22.4 Å². The van der Waals surface area contributed by atoms with Crippen LogP contribution in [-0.4, -0.2) is 41.5 Å². The second-order valence-electron chi connectivity index (χ2n) is 8.97. The molecule has 3 aromatic rings. The first-order chi connectivity index (χ1) is 16.5. The number of thiazole rings is 1. The zero-order valence-electron chi connectivity index (χ0n) is 20.4. The molecular formula is C27H35N5OS. The first kappa shape index (κ1) is 24.2. The number of nitrogens with zero attached hydrogens (tertiary/aromatic N) is 3. The summed E-state index contributed by atoms with van der Waals surface area (Å²) in [4.78, 5) is 12.0. The minimum Gasteiger partial charge on any atom is -0.456 e. The lowest BCUT2D eigenvalue weighted by molar-refractivity contribution is 0.215. The zero-order valence-corrected chi connectivity index (χ0v) is 21.2. The van der Waals surface area contributed by atoms with E-state index in [1.165, 1.54) is 49.3 Å². The third kappa shape index (κ3) is 6.36. The van der Waals surface area contributed by atoms with Crippen LogP contribution < -0.4 is 15.8 Å². The van der Waals surface area contributed by atoms with E-state index in [0.717, 1.165) is 46.4 Å². The van der Waals surface area contributed by atoms with Crippen molar-refractivity contribution in [1.29, 1.82) is 0 Å². The van der Waals surface area contributed by atoms with Crippen LogP contribution in [0.1, 0.15) is 43.7 Å². The highest BCUT2D eigenvalue weighted by Crippen LogP contribution is 2.35. The number of hydrogen-bond donors (Lipinski definition) is 2. The Bertz CT molecular complexity index is 1120. The Labute approximate surface area is 206 Å². The summed E-state index contributed by atoms with van der Waals surface area (Å²) in [5.74, 6) is 2.05.